The molecule has 1 aromatic carbocycles. The van der Waals surface area contributed by atoms with E-state index in [2.05, 4.69) is 9.68 Å². The van der Waals surface area contributed by atoms with E-state index in [9.17, 15) is 29.4 Å². The summed E-state index contributed by atoms with van der Waals surface area (Å²) in [6.45, 7) is -0.215. The van der Waals surface area contributed by atoms with Gasteiger partial charge in [-0.25, -0.2) is 0 Å². The van der Waals surface area contributed by atoms with E-state index in [0.717, 1.165) is 6.07 Å². The molecular weight excluding hydrogens is 328 g/mol. The van der Waals surface area contributed by atoms with Crippen molar-refractivity contribution >= 4 is 47.9 Å². The van der Waals surface area contributed by atoms with Crippen LogP contribution in [0.15, 0.2) is 24.3 Å². The minimum atomic E-state index is -1.84. The fraction of sp³-hybridized carbons (Fsp3) is 0. The average molecular weight is 338 g/mol. The molecule has 0 aromatic heterocycles. The van der Waals surface area contributed by atoms with E-state index in [1.165, 1.54) is 18.2 Å². The number of carboxylic acids is 2. The van der Waals surface area contributed by atoms with Crippen LogP contribution in [0.1, 0.15) is 0 Å². The Morgan fingerprint density at radius 1 is 0.917 bits per heavy atom. The molecule has 0 saturated heterocycles. The molecule has 0 aliphatic carbocycles. The summed E-state index contributed by atoms with van der Waals surface area (Å²) in [5.41, 5.74) is 10.2. The molecule has 0 bridgehead atoms. The predicted octanol–water partition coefficient (Wildman–Crippen LogP) is -4.64. The molecule has 12 heteroatoms. The lowest BCUT2D eigenvalue weighted by Crippen LogP contribution is -2.43. The fourth-order valence-electron chi connectivity index (χ4n) is 1.51. The summed E-state index contributed by atoms with van der Waals surface area (Å²) in [5.74, 6) is -5.63. The zero-order chi connectivity index (χ0) is 18.3. The van der Waals surface area contributed by atoms with Gasteiger partial charge >= 0.3 is 24.6 Å². The van der Waals surface area contributed by atoms with Crippen molar-refractivity contribution in [2.45, 2.75) is 0 Å². The van der Waals surface area contributed by atoms with Crippen LogP contribution in [0.25, 0.3) is 0 Å². The maximum absolute atomic E-state index is 10.8. The van der Waals surface area contributed by atoms with Crippen LogP contribution in [-0.2, 0) is 28.9 Å². The number of rotatable bonds is 6. The summed E-state index contributed by atoms with van der Waals surface area (Å²) in [5, 5.41) is 21.6. The van der Waals surface area contributed by atoms with Gasteiger partial charge < -0.3 is 19.8 Å². The first-order valence-electron chi connectivity index (χ1n) is 5.92. The second-order valence-corrected chi connectivity index (χ2v) is 3.86. The number of carbonyl (C=O) groups is 4. The molecule has 1 aromatic rings. The lowest BCUT2D eigenvalue weighted by molar-refractivity contribution is -0.702. The van der Waals surface area contributed by atoms with Crippen LogP contribution < -0.4 is 21.7 Å². The van der Waals surface area contributed by atoms with Crippen LogP contribution in [0.3, 0.4) is 0 Å². The number of hydrogen-bond acceptors (Lipinski definition) is 8. The van der Waals surface area contributed by atoms with Crippen molar-refractivity contribution in [1.82, 2.24) is 0 Å². The first-order valence-corrected chi connectivity index (χ1v) is 5.92. The van der Waals surface area contributed by atoms with Gasteiger partial charge in [-0.3, -0.25) is 30.7 Å². The van der Waals surface area contributed by atoms with Crippen LogP contribution in [0.2, 0.25) is 0 Å². The molecule has 0 radical (unpaired) electrons. The van der Waals surface area contributed by atoms with Crippen LogP contribution in [0.5, 0.6) is 0 Å². The molecule has 4 N–H and O–H groups in total. The maximum atomic E-state index is 10.8. The number of benzene rings is 1. The van der Waals surface area contributed by atoms with E-state index in [0.29, 0.717) is 9.48 Å². The second-order valence-electron chi connectivity index (χ2n) is 3.86. The molecular formula is C12H10N4O8. The minimum absolute atomic E-state index is 0.107. The van der Waals surface area contributed by atoms with Crippen molar-refractivity contribution in [2.75, 3.05) is 0 Å². The summed E-state index contributed by atoms with van der Waals surface area (Å²) < 4.78 is 0.778. The van der Waals surface area contributed by atoms with E-state index in [1.807, 2.05) is 0 Å². The fourth-order valence-corrected chi connectivity index (χ4v) is 1.51. The Labute approximate surface area is 133 Å². The number of carbonyl (C=O) groups excluding carboxylic acids is 4. The van der Waals surface area contributed by atoms with Crippen LogP contribution in [-0.4, -0.2) is 46.0 Å². The second kappa shape index (κ2) is 7.88. The Morgan fingerprint density at radius 3 is 1.58 bits per heavy atom. The number of hydrogen-bond donors (Lipinski definition) is 2. The molecule has 0 heterocycles. The van der Waals surface area contributed by atoms with Crippen molar-refractivity contribution in [1.29, 1.82) is 0 Å². The van der Waals surface area contributed by atoms with E-state index >= 15 is 0 Å². The molecule has 12 nitrogen and oxygen atoms in total. The summed E-state index contributed by atoms with van der Waals surface area (Å²) in [7, 11) is 0. The zero-order valence-electron chi connectivity index (χ0n) is 11.8. The summed E-state index contributed by atoms with van der Waals surface area (Å²) in [6, 6.07) is 4.82. The van der Waals surface area contributed by atoms with Gasteiger partial charge in [0.15, 0.2) is 23.3 Å². The smallest absolute Gasteiger partial charge is 0.346 e. The summed E-state index contributed by atoms with van der Waals surface area (Å²) in [4.78, 5) is 51.5. The van der Waals surface area contributed by atoms with Gasteiger partial charge in [-0.05, 0) is 21.6 Å². The summed E-state index contributed by atoms with van der Waals surface area (Å²) >= 11 is 0. The van der Waals surface area contributed by atoms with Gasteiger partial charge in [0.05, 0.1) is 0 Å². The van der Waals surface area contributed by atoms with Crippen molar-refractivity contribution in [3.8, 4) is 0 Å². The predicted molar refractivity (Wildman–Crippen MR) is 69.0 cm³/mol. The highest BCUT2D eigenvalue weighted by Crippen LogP contribution is 2.20. The topological polar surface area (TPSA) is 191 Å². The van der Waals surface area contributed by atoms with Gasteiger partial charge in [-0.2, -0.15) is 0 Å². The first-order chi connectivity index (χ1) is 11.3. The normalized spacial score (nSPS) is 12.3. The third-order valence-corrected chi connectivity index (χ3v) is 2.45. The molecule has 0 spiro atoms. The largest absolute Gasteiger partial charge is 0.538 e. The monoisotopic (exact) mass is 338 g/mol. The standard InChI is InChI=1S/C12H10N4O8/c13-9(11(19)20)15(23-5-17)7-2-1-3-8(4-7)16(24-6-18)10(14)12(21)22/h1-6,13-14H,(H2,19,20,21,22). The SMILES string of the molecule is NC(C(=O)[O-])=[N+](OC=O)c1cccc([N+](OC=O)=C(N)C(=O)[O-])c1. The summed E-state index contributed by atoms with van der Waals surface area (Å²) in [6.07, 6.45) is 0. The van der Waals surface area contributed by atoms with Crippen LogP contribution in [0, 0.1) is 0 Å². The Morgan fingerprint density at radius 2 is 1.29 bits per heavy atom. The zero-order valence-corrected chi connectivity index (χ0v) is 11.8. The highest BCUT2D eigenvalue weighted by molar-refractivity contribution is 6.31. The molecule has 0 aliphatic rings. The van der Waals surface area contributed by atoms with Gasteiger partial charge in [0.2, 0.25) is 0 Å². The Kier molecular flexibility index (Phi) is 5.94. The molecule has 24 heavy (non-hydrogen) atoms. The number of nitrogens with two attached hydrogens (primary N) is 2. The lowest BCUT2D eigenvalue weighted by atomic mass is 10.3. The molecule has 126 valence electrons. The van der Waals surface area contributed by atoms with E-state index < -0.39 is 23.6 Å². The average Bonchev–Trinajstić information content (AvgIpc) is 2.56. The van der Waals surface area contributed by atoms with Gasteiger partial charge in [0, 0.05) is 6.07 Å². The van der Waals surface area contributed by atoms with Crippen LogP contribution in [0.4, 0.5) is 11.4 Å². The van der Waals surface area contributed by atoms with Crippen molar-refractivity contribution in [2.24, 2.45) is 11.5 Å². The van der Waals surface area contributed by atoms with Crippen molar-refractivity contribution in [3.05, 3.63) is 24.3 Å². The Balaban J connectivity index is 3.55. The molecule has 1 rings (SSSR count). The third kappa shape index (κ3) is 4.03. The van der Waals surface area contributed by atoms with Gasteiger partial charge in [-0.1, -0.05) is 6.07 Å². The lowest BCUT2D eigenvalue weighted by Gasteiger charge is -2.08. The van der Waals surface area contributed by atoms with Crippen LogP contribution >= 0.6 is 0 Å². The molecule has 0 fully saturated rings. The first kappa shape index (κ1) is 18.1. The van der Waals surface area contributed by atoms with E-state index in [1.54, 1.807) is 0 Å². The van der Waals surface area contributed by atoms with E-state index in [-0.39, 0.29) is 24.3 Å². The van der Waals surface area contributed by atoms with Gasteiger partial charge in [0.25, 0.3) is 0 Å². The number of aliphatic carboxylic acids is 2. The molecule has 0 atom stereocenters. The minimum Gasteiger partial charge on any atom is -0.538 e. The molecule has 0 amide bonds. The molecule has 0 aliphatic heterocycles. The maximum Gasteiger partial charge on any atom is 0.346 e. The highest BCUT2D eigenvalue weighted by atomic mass is 16.7. The Bertz CT molecular complexity index is 696. The van der Waals surface area contributed by atoms with Crippen molar-refractivity contribution in [3.63, 3.8) is 0 Å². The third-order valence-electron chi connectivity index (χ3n) is 2.45. The highest BCUT2D eigenvalue weighted by Gasteiger charge is 2.20. The molecule has 0 unspecified atom stereocenters. The van der Waals surface area contributed by atoms with Gasteiger partial charge in [-0.15, -0.1) is 0 Å². The number of nitrogens with zero attached hydrogens (tertiary/aromatic N) is 2. The van der Waals surface area contributed by atoms with Gasteiger partial charge in [0.1, 0.15) is 0 Å². The van der Waals surface area contributed by atoms with E-state index in [4.69, 9.17) is 11.5 Å². The Hall–Kier alpha value is -3.96. The quantitative estimate of drug-likeness (QED) is 0.127. The molecule has 0 saturated carbocycles. The number of amidine groups is 2. The van der Waals surface area contributed by atoms with Crippen molar-refractivity contribution < 1.29 is 48.5 Å². The number of carboxylic acid groups (broad SMARTS) is 2.